The normalized spacial score (nSPS) is 30.6. The van der Waals surface area contributed by atoms with Crippen LogP contribution in [0.3, 0.4) is 0 Å². The van der Waals surface area contributed by atoms with Crippen LogP contribution in [0.2, 0.25) is 0 Å². The number of hydrogen-bond acceptors (Lipinski definition) is 1. The van der Waals surface area contributed by atoms with Crippen molar-refractivity contribution >= 4 is 22.6 Å². The minimum absolute atomic E-state index is 0.198. The van der Waals surface area contributed by atoms with Gasteiger partial charge in [0, 0.05) is 3.42 Å². The maximum absolute atomic E-state index is 9.03. The Morgan fingerprint density at radius 2 is 2.17 bits per heavy atom. The van der Waals surface area contributed by atoms with E-state index in [1.54, 1.807) is 0 Å². The predicted octanol–water partition coefficient (Wildman–Crippen LogP) is 2.84. The first-order chi connectivity index (χ1) is 5.47. The topological polar surface area (TPSA) is 20.2 Å². The molecule has 1 rings (SSSR count). The first-order valence-electron chi connectivity index (χ1n) is 4.14. The van der Waals surface area contributed by atoms with Crippen molar-refractivity contribution in [2.24, 2.45) is 0 Å². The van der Waals surface area contributed by atoms with Crippen molar-refractivity contribution < 1.29 is 5.11 Å². The van der Waals surface area contributed by atoms with E-state index >= 15 is 0 Å². The SMILES string of the molecule is CC1=C(C)C(C)(I)CC(CO)=C1. The highest BCUT2D eigenvalue weighted by atomic mass is 127. The molecular formula is C10H15IO. The number of aliphatic hydroxyl groups excluding tert-OH is 1. The lowest BCUT2D eigenvalue weighted by molar-refractivity contribution is 0.324. The van der Waals surface area contributed by atoms with Crippen molar-refractivity contribution in [2.45, 2.75) is 30.6 Å². The number of aliphatic hydroxyl groups is 1. The van der Waals surface area contributed by atoms with Gasteiger partial charge in [0.25, 0.3) is 0 Å². The van der Waals surface area contributed by atoms with Gasteiger partial charge in [-0.25, -0.2) is 0 Å². The molecular weight excluding hydrogens is 263 g/mol. The highest BCUT2D eigenvalue weighted by Crippen LogP contribution is 2.39. The van der Waals surface area contributed by atoms with Crippen LogP contribution in [0.15, 0.2) is 22.8 Å². The van der Waals surface area contributed by atoms with Gasteiger partial charge in [-0.3, -0.25) is 0 Å². The quantitative estimate of drug-likeness (QED) is 0.577. The second-order valence-electron chi connectivity index (χ2n) is 3.64. The summed E-state index contributed by atoms with van der Waals surface area (Å²) in [6, 6.07) is 0. The van der Waals surface area contributed by atoms with E-state index in [-0.39, 0.29) is 10.0 Å². The molecule has 0 saturated carbocycles. The van der Waals surface area contributed by atoms with Gasteiger partial charge >= 0.3 is 0 Å². The molecule has 1 N–H and O–H groups in total. The van der Waals surface area contributed by atoms with Crippen LogP contribution in [0.5, 0.6) is 0 Å². The van der Waals surface area contributed by atoms with Gasteiger partial charge in [-0.1, -0.05) is 39.8 Å². The fourth-order valence-corrected chi connectivity index (χ4v) is 2.45. The van der Waals surface area contributed by atoms with Gasteiger partial charge in [-0.2, -0.15) is 0 Å². The summed E-state index contributed by atoms with van der Waals surface area (Å²) in [5.74, 6) is 0. The number of allylic oxidation sites excluding steroid dienone is 3. The van der Waals surface area contributed by atoms with E-state index in [9.17, 15) is 0 Å². The second kappa shape index (κ2) is 3.50. The van der Waals surface area contributed by atoms with Crippen molar-refractivity contribution in [2.75, 3.05) is 6.61 Å². The largest absolute Gasteiger partial charge is 0.392 e. The number of halogens is 1. The lowest BCUT2D eigenvalue weighted by atomic mass is 9.86. The summed E-state index contributed by atoms with van der Waals surface area (Å²) in [6.07, 6.45) is 3.09. The summed E-state index contributed by atoms with van der Waals surface area (Å²) in [4.78, 5) is 0. The van der Waals surface area contributed by atoms with Crippen molar-refractivity contribution in [1.29, 1.82) is 0 Å². The molecule has 0 radical (unpaired) electrons. The van der Waals surface area contributed by atoms with Crippen LogP contribution in [0, 0.1) is 0 Å². The van der Waals surface area contributed by atoms with Gasteiger partial charge in [0.2, 0.25) is 0 Å². The molecule has 0 aliphatic heterocycles. The summed E-state index contributed by atoms with van der Waals surface area (Å²) in [6.45, 7) is 6.70. The van der Waals surface area contributed by atoms with Gasteiger partial charge in [0.05, 0.1) is 6.61 Å². The Labute approximate surface area is 87.7 Å². The number of hydrogen-bond donors (Lipinski definition) is 1. The third-order valence-electron chi connectivity index (χ3n) is 2.56. The van der Waals surface area contributed by atoms with E-state index in [2.05, 4.69) is 49.4 Å². The lowest BCUT2D eigenvalue weighted by Gasteiger charge is -2.30. The lowest BCUT2D eigenvalue weighted by Crippen LogP contribution is -2.23. The molecule has 0 amide bonds. The molecule has 0 bridgehead atoms. The molecule has 1 aliphatic carbocycles. The Morgan fingerprint density at radius 1 is 1.58 bits per heavy atom. The number of alkyl halides is 1. The van der Waals surface area contributed by atoms with E-state index in [0.717, 1.165) is 12.0 Å². The van der Waals surface area contributed by atoms with Gasteiger partial charge in [-0.05, 0) is 32.8 Å². The summed E-state index contributed by atoms with van der Waals surface area (Å²) < 4.78 is 0.203. The molecule has 0 aromatic carbocycles. The first-order valence-corrected chi connectivity index (χ1v) is 5.22. The van der Waals surface area contributed by atoms with Gasteiger partial charge in [0.15, 0.2) is 0 Å². The van der Waals surface area contributed by atoms with E-state index in [1.165, 1.54) is 11.1 Å². The molecule has 0 heterocycles. The zero-order chi connectivity index (χ0) is 9.35. The van der Waals surface area contributed by atoms with Gasteiger partial charge in [-0.15, -0.1) is 0 Å². The van der Waals surface area contributed by atoms with Crippen LogP contribution < -0.4 is 0 Å². The first kappa shape index (κ1) is 10.3. The average Bonchev–Trinajstić information content (AvgIpc) is 1.99. The Balaban J connectivity index is 3.02. The minimum atomic E-state index is 0.198. The van der Waals surface area contributed by atoms with E-state index < -0.39 is 0 Å². The van der Waals surface area contributed by atoms with Crippen LogP contribution in [-0.4, -0.2) is 15.1 Å². The maximum atomic E-state index is 9.03. The molecule has 1 atom stereocenters. The summed E-state index contributed by atoms with van der Waals surface area (Å²) in [7, 11) is 0. The van der Waals surface area contributed by atoms with Crippen molar-refractivity contribution in [1.82, 2.24) is 0 Å². The van der Waals surface area contributed by atoms with Gasteiger partial charge in [0.1, 0.15) is 0 Å². The zero-order valence-electron chi connectivity index (χ0n) is 7.82. The van der Waals surface area contributed by atoms with Crippen LogP contribution >= 0.6 is 22.6 Å². The van der Waals surface area contributed by atoms with Crippen LogP contribution in [0.25, 0.3) is 0 Å². The summed E-state index contributed by atoms with van der Waals surface area (Å²) >= 11 is 2.46. The molecule has 1 aliphatic rings. The molecule has 0 aromatic rings. The third-order valence-corrected chi connectivity index (χ3v) is 3.75. The Morgan fingerprint density at radius 3 is 2.58 bits per heavy atom. The molecule has 68 valence electrons. The van der Waals surface area contributed by atoms with E-state index in [1.807, 2.05) is 0 Å². The zero-order valence-corrected chi connectivity index (χ0v) is 9.97. The highest BCUT2D eigenvalue weighted by molar-refractivity contribution is 14.1. The molecule has 1 unspecified atom stereocenters. The Hall–Kier alpha value is 0.170. The average molecular weight is 278 g/mol. The van der Waals surface area contributed by atoms with Gasteiger partial charge < -0.3 is 5.11 Å². The third kappa shape index (κ3) is 1.91. The Bertz CT molecular complexity index is 249. The Kier molecular flexibility index (Phi) is 2.99. The van der Waals surface area contributed by atoms with Crippen LogP contribution in [0.4, 0.5) is 0 Å². The summed E-state index contributed by atoms with van der Waals surface area (Å²) in [5.41, 5.74) is 3.89. The van der Waals surface area contributed by atoms with Crippen molar-refractivity contribution in [3.8, 4) is 0 Å². The van der Waals surface area contributed by atoms with Crippen molar-refractivity contribution in [3.05, 3.63) is 22.8 Å². The predicted molar refractivity (Wildman–Crippen MR) is 60.6 cm³/mol. The minimum Gasteiger partial charge on any atom is -0.392 e. The fraction of sp³-hybridized carbons (Fsp3) is 0.600. The second-order valence-corrected chi connectivity index (χ2v) is 6.02. The molecule has 0 aromatic heterocycles. The highest BCUT2D eigenvalue weighted by Gasteiger charge is 2.27. The molecule has 1 nitrogen and oxygen atoms in total. The number of rotatable bonds is 1. The molecule has 12 heavy (non-hydrogen) atoms. The fourth-order valence-electron chi connectivity index (χ4n) is 1.54. The maximum Gasteiger partial charge on any atom is 0.0645 e. The molecule has 0 saturated heterocycles. The van der Waals surface area contributed by atoms with E-state index in [0.29, 0.717) is 0 Å². The van der Waals surface area contributed by atoms with Crippen LogP contribution in [0.1, 0.15) is 27.2 Å². The molecule has 0 fully saturated rings. The van der Waals surface area contributed by atoms with Crippen LogP contribution in [-0.2, 0) is 0 Å². The molecule has 0 spiro atoms. The van der Waals surface area contributed by atoms with E-state index in [4.69, 9.17) is 5.11 Å². The summed E-state index contributed by atoms with van der Waals surface area (Å²) in [5, 5.41) is 9.03. The van der Waals surface area contributed by atoms with Crippen molar-refractivity contribution in [3.63, 3.8) is 0 Å². The monoisotopic (exact) mass is 278 g/mol. The standard InChI is InChI=1S/C10H15IO/c1-7-4-9(6-12)5-10(3,11)8(7)2/h4,12H,5-6H2,1-3H3. The smallest absolute Gasteiger partial charge is 0.0645 e. The molecule has 2 heteroatoms.